The van der Waals surface area contributed by atoms with Gasteiger partial charge in [-0.2, -0.15) is 0 Å². The summed E-state index contributed by atoms with van der Waals surface area (Å²) in [6.45, 7) is 4.30. The maximum Gasteiger partial charge on any atom is 0.174 e. The number of nitrogens with zero attached hydrogens (tertiary/aromatic N) is 2. The highest BCUT2D eigenvalue weighted by Crippen LogP contribution is 2.29. The van der Waals surface area contributed by atoms with E-state index in [0.29, 0.717) is 5.25 Å². The van der Waals surface area contributed by atoms with E-state index in [9.17, 15) is 5.11 Å². The Morgan fingerprint density at radius 1 is 1.73 bits per heavy atom. The highest BCUT2D eigenvalue weighted by Gasteiger charge is 2.24. The molecule has 0 spiro atoms. The Labute approximate surface area is 98.5 Å². The van der Waals surface area contributed by atoms with Crippen LogP contribution in [0.2, 0.25) is 0 Å². The van der Waals surface area contributed by atoms with Gasteiger partial charge in [-0.3, -0.25) is 0 Å². The lowest BCUT2D eigenvalue weighted by molar-refractivity contribution is 0.174. The third kappa shape index (κ3) is 4.06. The molecule has 86 valence electrons. The fraction of sp³-hybridized carbons (Fsp3) is 0.778. The number of thioether (sulfide) groups is 1. The van der Waals surface area contributed by atoms with Crippen LogP contribution in [0.3, 0.4) is 0 Å². The van der Waals surface area contributed by atoms with Crippen molar-refractivity contribution < 1.29 is 5.11 Å². The second-order valence-corrected chi connectivity index (χ2v) is 6.32. The van der Waals surface area contributed by atoms with Crippen LogP contribution < -0.4 is 5.32 Å². The molecule has 1 aromatic rings. The lowest BCUT2D eigenvalue weighted by atomic mass is 9.98. The molecule has 0 aliphatic heterocycles. The number of aromatic nitrogens is 2. The molecule has 0 aliphatic carbocycles. The van der Waals surface area contributed by atoms with Gasteiger partial charge >= 0.3 is 0 Å². The van der Waals surface area contributed by atoms with Crippen molar-refractivity contribution in [1.29, 1.82) is 0 Å². The molecule has 0 aliphatic rings. The van der Waals surface area contributed by atoms with Crippen molar-refractivity contribution >= 4 is 23.1 Å². The van der Waals surface area contributed by atoms with E-state index in [1.807, 2.05) is 14.0 Å². The van der Waals surface area contributed by atoms with Gasteiger partial charge in [-0.05, 0) is 20.4 Å². The van der Waals surface area contributed by atoms with Crippen LogP contribution in [0, 0.1) is 0 Å². The van der Waals surface area contributed by atoms with Crippen molar-refractivity contribution in [1.82, 2.24) is 15.5 Å². The average Bonchev–Trinajstić information content (AvgIpc) is 2.70. The maximum atomic E-state index is 9.26. The van der Waals surface area contributed by atoms with Crippen molar-refractivity contribution in [3.63, 3.8) is 0 Å². The molecule has 15 heavy (non-hydrogen) atoms. The van der Waals surface area contributed by atoms with Gasteiger partial charge in [0.15, 0.2) is 4.34 Å². The minimum Gasteiger partial charge on any atom is -0.394 e. The van der Waals surface area contributed by atoms with Gasteiger partial charge < -0.3 is 10.4 Å². The van der Waals surface area contributed by atoms with Gasteiger partial charge in [0.25, 0.3) is 0 Å². The first-order valence-corrected chi connectivity index (χ1v) is 6.58. The molecule has 2 unspecified atom stereocenters. The van der Waals surface area contributed by atoms with Crippen molar-refractivity contribution in [3.8, 4) is 0 Å². The predicted octanol–water partition coefficient (Wildman–Crippen LogP) is 1.38. The van der Waals surface area contributed by atoms with E-state index in [-0.39, 0.29) is 12.1 Å². The van der Waals surface area contributed by atoms with E-state index < -0.39 is 0 Å². The summed E-state index contributed by atoms with van der Waals surface area (Å²) < 4.78 is 0.985. The van der Waals surface area contributed by atoms with Gasteiger partial charge in [-0.15, -0.1) is 10.2 Å². The van der Waals surface area contributed by atoms with E-state index in [2.05, 4.69) is 22.4 Å². The number of likely N-dealkylation sites (N-methyl/N-ethyl adjacent to an activating group) is 1. The minimum absolute atomic E-state index is 0.143. The van der Waals surface area contributed by atoms with E-state index in [1.54, 1.807) is 28.6 Å². The van der Waals surface area contributed by atoms with Gasteiger partial charge in [0.05, 0.1) is 6.61 Å². The molecule has 6 heteroatoms. The molecule has 1 heterocycles. The zero-order chi connectivity index (χ0) is 11.3. The summed E-state index contributed by atoms with van der Waals surface area (Å²) in [5, 5.41) is 20.6. The Hall–Kier alpha value is -0.170. The Morgan fingerprint density at radius 3 is 2.93 bits per heavy atom. The maximum absolute atomic E-state index is 9.26. The highest BCUT2D eigenvalue weighted by molar-refractivity contribution is 8.01. The number of hydrogen-bond donors (Lipinski definition) is 2. The second-order valence-electron chi connectivity index (χ2n) is 3.81. The first kappa shape index (κ1) is 12.9. The molecule has 0 amide bonds. The summed E-state index contributed by atoms with van der Waals surface area (Å²) in [5.41, 5.74) is 1.52. The third-order valence-electron chi connectivity index (χ3n) is 2.33. The Balaban J connectivity index is 2.44. The molecule has 4 nitrogen and oxygen atoms in total. The van der Waals surface area contributed by atoms with Crippen molar-refractivity contribution in [2.24, 2.45) is 0 Å². The zero-order valence-corrected chi connectivity index (χ0v) is 10.9. The molecule has 0 aromatic carbocycles. The predicted molar refractivity (Wildman–Crippen MR) is 64.4 cm³/mol. The number of aliphatic hydroxyl groups excluding tert-OH is 1. The second kappa shape index (κ2) is 5.79. The van der Waals surface area contributed by atoms with Crippen molar-refractivity contribution in [2.45, 2.75) is 35.4 Å². The monoisotopic (exact) mass is 247 g/mol. The Bertz CT molecular complexity index is 275. The molecule has 0 saturated heterocycles. The van der Waals surface area contributed by atoms with Gasteiger partial charge in [0.2, 0.25) is 0 Å². The van der Waals surface area contributed by atoms with Gasteiger partial charge in [0, 0.05) is 10.8 Å². The standard InChI is InChI=1S/C9H17N3OS2/c1-7(4-9(2,5-13)10-3)15-8-12-11-6-14-8/h6-7,10,13H,4-5H2,1-3H3. The molecule has 2 atom stereocenters. The molecule has 1 aromatic heterocycles. The van der Waals surface area contributed by atoms with Crippen LogP contribution in [0.4, 0.5) is 0 Å². The van der Waals surface area contributed by atoms with Crippen LogP contribution in [-0.2, 0) is 0 Å². The van der Waals surface area contributed by atoms with E-state index >= 15 is 0 Å². The molecular formula is C9H17N3OS2. The first-order chi connectivity index (χ1) is 7.09. The molecule has 0 saturated carbocycles. The van der Waals surface area contributed by atoms with Crippen LogP contribution in [0.25, 0.3) is 0 Å². The fourth-order valence-electron chi connectivity index (χ4n) is 1.31. The molecule has 0 bridgehead atoms. The Kier molecular flexibility index (Phi) is 4.98. The van der Waals surface area contributed by atoms with E-state index in [4.69, 9.17) is 0 Å². The van der Waals surface area contributed by atoms with Crippen molar-refractivity contribution in [2.75, 3.05) is 13.7 Å². The number of nitrogens with one attached hydrogen (secondary N) is 1. The van der Waals surface area contributed by atoms with Gasteiger partial charge in [0.1, 0.15) is 5.51 Å². The molecule has 0 fully saturated rings. The summed E-state index contributed by atoms with van der Waals surface area (Å²) >= 11 is 3.25. The number of rotatable bonds is 6. The molecule has 0 radical (unpaired) electrons. The van der Waals surface area contributed by atoms with Crippen LogP contribution >= 0.6 is 23.1 Å². The first-order valence-electron chi connectivity index (χ1n) is 4.82. The summed E-state index contributed by atoms with van der Waals surface area (Å²) in [5.74, 6) is 0. The SMILES string of the molecule is CNC(C)(CO)CC(C)Sc1nncs1. The van der Waals surface area contributed by atoms with E-state index in [0.717, 1.165) is 10.8 Å². The van der Waals surface area contributed by atoms with E-state index in [1.165, 1.54) is 0 Å². The minimum atomic E-state index is -0.211. The molecule has 2 N–H and O–H groups in total. The average molecular weight is 247 g/mol. The third-order valence-corrected chi connectivity index (χ3v) is 4.25. The number of aliphatic hydroxyl groups is 1. The lowest BCUT2D eigenvalue weighted by Gasteiger charge is -2.29. The normalized spacial score (nSPS) is 17.3. The van der Waals surface area contributed by atoms with Crippen molar-refractivity contribution in [3.05, 3.63) is 5.51 Å². The summed E-state index contributed by atoms with van der Waals surface area (Å²) in [7, 11) is 1.87. The van der Waals surface area contributed by atoms with Crippen LogP contribution in [0.15, 0.2) is 9.85 Å². The zero-order valence-electron chi connectivity index (χ0n) is 9.23. The van der Waals surface area contributed by atoms with Crippen LogP contribution in [0.5, 0.6) is 0 Å². The fourth-order valence-corrected chi connectivity index (χ4v) is 3.32. The summed E-state index contributed by atoms with van der Waals surface area (Å²) in [4.78, 5) is 0. The largest absolute Gasteiger partial charge is 0.394 e. The van der Waals surface area contributed by atoms with Gasteiger partial charge in [-0.1, -0.05) is 30.0 Å². The lowest BCUT2D eigenvalue weighted by Crippen LogP contribution is -2.45. The van der Waals surface area contributed by atoms with Crippen LogP contribution in [0.1, 0.15) is 20.3 Å². The molecular weight excluding hydrogens is 230 g/mol. The number of hydrogen-bond acceptors (Lipinski definition) is 6. The Morgan fingerprint density at radius 2 is 2.47 bits per heavy atom. The topological polar surface area (TPSA) is 58.0 Å². The van der Waals surface area contributed by atoms with Crippen LogP contribution in [-0.4, -0.2) is 39.7 Å². The summed E-state index contributed by atoms with van der Waals surface area (Å²) in [6, 6.07) is 0. The smallest absolute Gasteiger partial charge is 0.174 e. The summed E-state index contributed by atoms with van der Waals surface area (Å²) in [6.07, 6.45) is 0.893. The highest BCUT2D eigenvalue weighted by atomic mass is 32.2. The molecule has 1 rings (SSSR count). The quantitative estimate of drug-likeness (QED) is 0.744. The van der Waals surface area contributed by atoms with Gasteiger partial charge in [-0.25, -0.2) is 0 Å².